The van der Waals surface area contributed by atoms with Gasteiger partial charge in [-0.2, -0.15) is 26.3 Å². The summed E-state index contributed by atoms with van der Waals surface area (Å²) in [7, 11) is 0. The van der Waals surface area contributed by atoms with Gasteiger partial charge in [0.1, 0.15) is 6.61 Å². The van der Waals surface area contributed by atoms with E-state index in [0.29, 0.717) is 23.6 Å². The molecule has 1 N–H and O–H groups in total. The summed E-state index contributed by atoms with van der Waals surface area (Å²) >= 11 is 0. The van der Waals surface area contributed by atoms with E-state index in [1.54, 1.807) is 12.3 Å². The number of ether oxygens (including phenoxy) is 1. The van der Waals surface area contributed by atoms with Crippen LogP contribution in [0, 0.1) is 0 Å². The zero-order valence-corrected chi connectivity index (χ0v) is 17.4. The van der Waals surface area contributed by atoms with Crippen LogP contribution in [0.25, 0.3) is 11.1 Å². The van der Waals surface area contributed by atoms with Crippen molar-refractivity contribution in [2.75, 3.05) is 18.5 Å². The molecule has 0 spiro atoms. The predicted octanol–water partition coefficient (Wildman–Crippen LogP) is 6.21. The Kier molecular flexibility index (Phi) is 6.11. The number of halogens is 6. The molecule has 2 heterocycles. The molecule has 0 aliphatic carbocycles. The second kappa shape index (κ2) is 8.88. The number of urea groups is 1. The summed E-state index contributed by atoms with van der Waals surface area (Å²) in [4.78, 5) is 18.3. The molecule has 34 heavy (non-hydrogen) atoms. The molecular weight excluding hydrogens is 464 g/mol. The van der Waals surface area contributed by atoms with Gasteiger partial charge in [0.25, 0.3) is 0 Å². The van der Waals surface area contributed by atoms with Gasteiger partial charge in [-0.1, -0.05) is 30.3 Å². The minimum atomic E-state index is -5.02. The topological polar surface area (TPSA) is 54.5 Å². The van der Waals surface area contributed by atoms with Gasteiger partial charge in [0.2, 0.25) is 5.88 Å². The Labute approximate surface area is 190 Å². The Morgan fingerprint density at radius 2 is 1.59 bits per heavy atom. The van der Waals surface area contributed by atoms with Crippen molar-refractivity contribution in [1.29, 1.82) is 0 Å². The number of aromatic nitrogens is 1. The van der Waals surface area contributed by atoms with Gasteiger partial charge in [0.05, 0.1) is 24.2 Å². The zero-order chi connectivity index (χ0) is 24.5. The van der Waals surface area contributed by atoms with Gasteiger partial charge in [-0.05, 0) is 35.4 Å². The monoisotopic (exact) mass is 481 g/mol. The fourth-order valence-electron chi connectivity index (χ4n) is 3.56. The van der Waals surface area contributed by atoms with Crippen molar-refractivity contribution in [3.05, 3.63) is 77.5 Å². The summed E-state index contributed by atoms with van der Waals surface area (Å²) in [5.41, 5.74) is -1.51. The van der Waals surface area contributed by atoms with E-state index in [4.69, 9.17) is 4.74 Å². The first-order valence-corrected chi connectivity index (χ1v) is 10.0. The highest BCUT2D eigenvalue weighted by Gasteiger charge is 2.37. The van der Waals surface area contributed by atoms with Crippen LogP contribution >= 0.6 is 0 Å². The molecule has 4 rings (SSSR count). The number of alkyl halides is 6. The second-order valence-corrected chi connectivity index (χ2v) is 7.50. The van der Waals surface area contributed by atoms with E-state index in [1.807, 2.05) is 30.3 Å². The Hall–Kier alpha value is -3.76. The number of nitrogens with one attached hydrogen (secondary N) is 1. The predicted molar refractivity (Wildman–Crippen MR) is 111 cm³/mol. The van der Waals surface area contributed by atoms with Gasteiger partial charge in [-0.3, -0.25) is 0 Å². The molecule has 0 radical (unpaired) electrons. The summed E-state index contributed by atoms with van der Waals surface area (Å²) in [6.07, 6.45) is -8.49. The van der Waals surface area contributed by atoms with Crippen LogP contribution in [0.2, 0.25) is 0 Å². The molecule has 0 fully saturated rings. The molecule has 0 saturated carbocycles. The fourth-order valence-corrected chi connectivity index (χ4v) is 3.56. The normalized spacial score (nSPS) is 14.1. The van der Waals surface area contributed by atoms with Crippen LogP contribution in [0.5, 0.6) is 5.88 Å². The number of rotatable bonds is 2. The van der Waals surface area contributed by atoms with Crippen LogP contribution in [0.1, 0.15) is 16.7 Å². The number of carbonyl (C=O) groups is 1. The molecule has 11 heteroatoms. The number of hydrogen-bond donors (Lipinski definition) is 1. The molecule has 2 amide bonds. The lowest BCUT2D eigenvalue weighted by molar-refractivity contribution is -0.143. The maximum absolute atomic E-state index is 13.1. The highest BCUT2D eigenvalue weighted by Crippen LogP contribution is 2.38. The lowest BCUT2D eigenvalue weighted by atomic mass is 10.0. The van der Waals surface area contributed by atoms with E-state index in [-0.39, 0.29) is 25.8 Å². The second-order valence-electron chi connectivity index (χ2n) is 7.50. The van der Waals surface area contributed by atoms with Crippen molar-refractivity contribution in [2.24, 2.45) is 0 Å². The van der Waals surface area contributed by atoms with E-state index in [9.17, 15) is 31.1 Å². The highest BCUT2D eigenvalue weighted by atomic mass is 19.4. The SMILES string of the molecule is O=C(Nc1cc(C(F)(F)F)cc(C(F)(F)F)c1)N1CCOc2nccc(-c3ccccc3)c2C1. The Morgan fingerprint density at radius 1 is 0.941 bits per heavy atom. The van der Waals surface area contributed by atoms with Crippen LogP contribution in [-0.4, -0.2) is 29.1 Å². The minimum Gasteiger partial charge on any atom is -0.476 e. The number of fused-ring (bicyclic) bond motifs is 1. The molecule has 0 bridgehead atoms. The zero-order valence-electron chi connectivity index (χ0n) is 17.4. The van der Waals surface area contributed by atoms with E-state index in [0.717, 1.165) is 11.1 Å². The number of nitrogens with zero attached hydrogens (tertiary/aromatic N) is 2. The third-order valence-corrected chi connectivity index (χ3v) is 5.18. The maximum atomic E-state index is 13.1. The lowest BCUT2D eigenvalue weighted by Crippen LogP contribution is -2.36. The van der Waals surface area contributed by atoms with Crippen molar-refractivity contribution in [3.8, 4) is 17.0 Å². The summed E-state index contributed by atoms with van der Waals surface area (Å²) in [6.45, 7) is 0.0773. The Bertz CT molecular complexity index is 1160. The number of carbonyl (C=O) groups excluding carboxylic acids is 1. The van der Waals surface area contributed by atoms with E-state index < -0.39 is 35.2 Å². The summed E-state index contributed by atoms with van der Waals surface area (Å²) in [6, 6.07) is 11.0. The molecule has 0 saturated heterocycles. The van der Waals surface area contributed by atoms with E-state index in [2.05, 4.69) is 10.3 Å². The van der Waals surface area contributed by atoms with Gasteiger partial charge in [-0.15, -0.1) is 0 Å². The molecule has 3 aromatic rings. The standard InChI is InChI=1S/C23H17F6N3O2/c24-22(25,26)15-10-16(23(27,28)29)12-17(11-15)31-21(33)32-8-9-34-20-19(13-32)18(6-7-30-20)14-4-2-1-3-5-14/h1-7,10-12H,8-9,13H2,(H,31,33). The summed E-state index contributed by atoms with van der Waals surface area (Å²) in [5.74, 6) is 0.301. The molecule has 1 aliphatic rings. The number of pyridine rings is 1. The van der Waals surface area contributed by atoms with Crippen LogP contribution in [-0.2, 0) is 18.9 Å². The van der Waals surface area contributed by atoms with Crippen LogP contribution in [0.3, 0.4) is 0 Å². The van der Waals surface area contributed by atoms with Crippen molar-refractivity contribution >= 4 is 11.7 Å². The fraction of sp³-hybridized carbons (Fsp3) is 0.217. The Balaban J connectivity index is 1.63. The molecule has 0 atom stereocenters. The molecule has 1 aromatic heterocycles. The van der Waals surface area contributed by atoms with Crippen LogP contribution < -0.4 is 10.1 Å². The highest BCUT2D eigenvalue weighted by molar-refractivity contribution is 5.90. The molecular formula is C23H17F6N3O2. The molecule has 0 unspecified atom stereocenters. The molecule has 5 nitrogen and oxygen atoms in total. The van der Waals surface area contributed by atoms with Gasteiger partial charge in [-0.25, -0.2) is 9.78 Å². The average molecular weight is 481 g/mol. The minimum absolute atomic E-state index is 0.00346. The first kappa shape index (κ1) is 23.4. The van der Waals surface area contributed by atoms with Gasteiger partial charge in [0, 0.05) is 17.4 Å². The van der Waals surface area contributed by atoms with E-state index >= 15 is 0 Å². The smallest absolute Gasteiger partial charge is 0.416 e. The molecule has 1 aliphatic heterocycles. The van der Waals surface area contributed by atoms with Gasteiger partial charge < -0.3 is 15.0 Å². The largest absolute Gasteiger partial charge is 0.476 e. The lowest BCUT2D eigenvalue weighted by Gasteiger charge is -2.22. The number of hydrogen-bond acceptors (Lipinski definition) is 3. The van der Waals surface area contributed by atoms with Crippen molar-refractivity contribution < 1.29 is 35.9 Å². The number of benzene rings is 2. The average Bonchev–Trinajstić information content (AvgIpc) is 3.01. The van der Waals surface area contributed by atoms with E-state index in [1.165, 1.54) is 4.90 Å². The summed E-state index contributed by atoms with van der Waals surface area (Å²) in [5, 5.41) is 2.17. The van der Waals surface area contributed by atoms with Gasteiger partial charge >= 0.3 is 18.4 Å². The molecule has 2 aromatic carbocycles. The van der Waals surface area contributed by atoms with Gasteiger partial charge in [0.15, 0.2) is 0 Å². The van der Waals surface area contributed by atoms with Crippen LogP contribution in [0.15, 0.2) is 60.8 Å². The quantitative estimate of drug-likeness (QED) is 0.443. The number of anilines is 1. The first-order chi connectivity index (χ1) is 16.0. The summed E-state index contributed by atoms with van der Waals surface area (Å²) < 4.78 is 84.5. The number of amides is 2. The van der Waals surface area contributed by atoms with Crippen LogP contribution in [0.4, 0.5) is 36.8 Å². The van der Waals surface area contributed by atoms with Crippen molar-refractivity contribution in [1.82, 2.24) is 9.88 Å². The maximum Gasteiger partial charge on any atom is 0.416 e. The first-order valence-electron chi connectivity index (χ1n) is 10.0. The van der Waals surface area contributed by atoms with Crippen molar-refractivity contribution in [3.63, 3.8) is 0 Å². The third-order valence-electron chi connectivity index (χ3n) is 5.18. The van der Waals surface area contributed by atoms with Crippen molar-refractivity contribution in [2.45, 2.75) is 18.9 Å². The Morgan fingerprint density at radius 3 is 2.21 bits per heavy atom. The third kappa shape index (κ3) is 5.08. The molecule has 178 valence electrons.